The van der Waals surface area contributed by atoms with Crippen LogP contribution in [0.5, 0.6) is 0 Å². The quantitative estimate of drug-likeness (QED) is 0.669. The van der Waals surface area contributed by atoms with Gasteiger partial charge >= 0.3 is 12.1 Å². The SMILES string of the molecule is O=C(O)Cc1cnc(I)cc1C(F)(F)F. The molecule has 0 aliphatic rings. The largest absolute Gasteiger partial charge is 0.481 e. The van der Waals surface area contributed by atoms with Crippen LogP contribution in [0.1, 0.15) is 11.1 Å². The molecule has 0 aliphatic heterocycles. The Hall–Kier alpha value is -0.860. The second kappa shape index (κ2) is 4.33. The number of halogens is 4. The lowest BCUT2D eigenvalue weighted by Gasteiger charge is -2.11. The highest BCUT2D eigenvalue weighted by Gasteiger charge is 2.34. The monoisotopic (exact) mass is 331 g/mol. The van der Waals surface area contributed by atoms with Crippen LogP contribution >= 0.6 is 22.6 Å². The average Bonchev–Trinajstić information content (AvgIpc) is 2.05. The number of carboxylic acids is 1. The Bertz CT molecular complexity index is 392. The van der Waals surface area contributed by atoms with Gasteiger partial charge in [-0.2, -0.15) is 13.2 Å². The molecule has 1 N–H and O–H groups in total. The Morgan fingerprint density at radius 2 is 2.13 bits per heavy atom. The van der Waals surface area contributed by atoms with Crippen LogP contribution < -0.4 is 0 Å². The zero-order valence-electron chi connectivity index (χ0n) is 7.18. The van der Waals surface area contributed by atoms with Crippen molar-refractivity contribution in [1.29, 1.82) is 0 Å². The molecule has 0 radical (unpaired) electrons. The summed E-state index contributed by atoms with van der Waals surface area (Å²) in [5.41, 5.74) is -1.26. The number of hydrogen-bond acceptors (Lipinski definition) is 2. The molecule has 0 spiro atoms. The lowest BCUT2D eigenvalue weighted by molar-refractivity contribution is -0.139. The summed E-state index contributed by atoms with van der Waals surface area (Å²) in [5.74, 6) is -1.32. The average molecular weight is 331 g/mol. The molecule has 0 unspecified atom stereocenters. The van der Waals surface area contributed by atoms with Gasteiger partial charge in [0.05, 0.1) is 12.0 Å². The third-order valence-corrected chi connectivity index (χ3v) is 2.19. The van der Waals surface area contributed by atoms with Crippen LogP contribution in [0, 0.1) is 3.70 Å². The summed E-state index contributed by atoms with van der Waals surface area (Å²) in [6.45, 7) is 0. The Labute approximate surface area is 96.5 Å². The van der Waals surface area contributed by atoms with Crippen molar-refractivity contribution in [1.82, 2.24) is 4.98 Å². The highest BCUT2D eigenvalue weighted by atomic mass is 127. The molecule has 0 aliphatic carbocycles. The maximum atomic E-state index is 12.5. The highest BCUT2D eigenvalue weighted by Crippen LogP contribution is 2.32. The zero-order valence-corrected chi connectivity index (χ0v) is 9.33. The first-order valence-corrected chi connectivity index (χ1v) is 4.82. The van der Waals surface area contributed by atoms with Crippen molar-refractivity contribution in [3.05, 3.63) is 27.1 Å². The van der Waals surface area contributed by atoms with Crippen molar-refractivity contribution in [3.63, 3.8) is 0 Å². The molecule has 0 atom stereocenters. The summed E-state index contributed by atoms with van der Waals surface area (Å²) in [4.78, 5) is 14.0. The molecule has 1 aromatic rings. The van der Waals surface area contributed by atoms with E-state index in [-0.39, 0.29) is 9.26 Å². The number of aromatic nitrogens is 1. The van der Waals surface area contributed by atoms with Crippen LogP contribution in [0.3, 0.4) is 0 Å². The molecule has 0 bridgehead atoms. The third-order valence-electron chi connectivity index (χ3n) is 1.60. The van der Waals surface area contributed by atoms with E-state index in [9.17, 15) is 18.0 Å². The van der Waals surface area contributed by atoms with Crippen molar-refractivity contribution >= 4 is 28.6 Å². The number of aliphatic carboxylic acids is 1. The van der Waals surface area contributed by atoms with Gasteiger partial charge in [-0.05, 0) is 34.2 Å². The maximum absolute atomic E-state index is 12.5. The van der Waals surface area contributed by atoms with Crippen molar-refractivity contribution in [3.8, 4) is 0 Å². The van der Waals surface area contributed by atoms with E-state index < -0.39 is 24.1 Å². The molecule has 0 aromatic carbocycles. The molecule has 15 heavy (non-hydrogen) atoms. The second-order valence-electron chi connectivity index (χ2n) is 2.73. The van der Waals surface area contributed by atoms with Crippen molar-refractivity contribution in [2.75, 3.05) is 0 Å². The van der Waals surface area contributed by atoms with Gasteiger partial charge in [-0.1, -0.05) is 0 Å². The Balaban J connectivity index is 3.20. The van der Waals surface area contributed by atoms with Gasteiger partial charge in [0.1, 0.15) is 3.70 Å². The smallest absolute Gasteiger partial charge is 0.416 e. The van der Waals surface area contributed by atoms with Crippen LogP contribution in [0.15, 0.2) is 12.3 Å². The molecule has 0 saturated carbocycles. The Morgan fingerprint density at radius 1 is 1.53 bits per heavy atom. The van der Waals surface area contributed by atoms with Gasteiger partial charge in [0.15, 0.2) is 0 Å². The van der Waals surface area contributed by atoms with Crippen LogP contribution in [-0.4, -0.2) is 16.1 Å². The summed E-state index contributed by atoms with van der Waals surface area (Å²) in [6, 6.07) is 0.832. The highest BCUT2D eigenvalue weighted by molar-refractivity contribution is 14.1. The topological polar surface area (TPSA) is 50.2 Å². The molecule has 0 fully saturated rings. The first kappa shape index (κ1) is 12.2. The van der Waals surface area contributed by atoms with E-state index in [0.717, 1.165) is 12.3 Å². The number of nitrogens with zero attached hydrogens (tertiary/aromatic N) is 1. The van der Waals surface area contributed by atoms with E-state index in [2.05, 4.69) is 4.98 Å². The summed E-state index contributed by atoms with van der Waals surface area (Å²) >= 11 is 1.64. The normalized spacial score (nSPS) is 11.5. The van der Waals surface area contributed by atoms with E-state index in [1.807, 2.05) is 0 Å². The zero-order chi connectivity index (χ0) is 11.6. The fraction of sp³-hybridized carbons (Fsp3) is 0.250. The van der Waals surface area contributed by atoms with Gasteiger partial charge in [-0.15, -0.1) is 0 Å². The predicted molar refractivity (Wildman–Crippen MR) is 53.3 cm³/mol. The van der Waals surface area contributed by atoms with Crippen LogP contribution in [-0.2, 0) is 17.4 Å². The summed E-state index contributed by atoms with van der Waals surface area (Å²) in [5, 5.41) is 8.43. The van der Waals surface area contributed by atoms with Crippen molar-refractivity contribution < 1.29 is 23.1 Å². The van der Waals surface area contributed by atoms with E-state index >= 15 is 0 Å². The van der Waals surface area contributed by atoms with Crippen LogP contribution in [0.4, 0.5) is 13.2 Å². The molecule has 82 valence electrons. The van der Waals surface area contributed by atoms with E-state index in [4.69, 9.17) is 5.11 Å². The van der Waals surface area contributed by atoms with Crippen molar-refractivity contribution in [2.45, 2.75) is 12.6 Å². The molecule has 0 amide bonds. The Morgan fingerprint density at radius 3 is 2.60 bits per heavy atom. The van der Waals surface area contributed by atoms with Crippen LogP contribution in [0.2, 0.25) is 0 Å². The standard InChI is InChI=1S/C8H5F3INO2/c9-8(10,11)5-2-6(12)13-3-4(5)1-7(14)15/h2-3H,1H2,(H,14,15). The molecule has 0 saturated heterocycles. The van der Waals surface area contributed by atoms with E-state index in [1.54, 1.807) is 22.6 Å². The van der Waals surface area contributed by atoms with E-state index in [0.29, 0.717) is 0 Å². The van der Waals surface area contributed by atoms with Gasteiger partial charge in [-0.3, -0.25) is 9.78 Å². The number of alkyl halides is 3. The molecule has 1 heterocycles. The number of hydrogen-bond donors (Lipinski definition) is 1. The molecule has 1 aromatic heterocycles. The molecule has 7 heteroatoms. The number of pyridine rings is 1. The van der Waals surface area contributed by atoms with Gasteiger partial charge in [0, 0.05) is 6.20 Å². The van der Waals surface area contributed by atoms with Gasteiger partial charge in [-0.25, -0.2) is 0 Å². The molecule has 1 rings (SSSR count). The lowest BCUT2D eigenvalue weighted by Crippen LogP contribution is -2.13. The minimum Gasteiger partial charge on any atom is -0.481 e. The molecular weight excluding hydrogens is 326 g/mol. The minimum absolute atomic E-state index is 0.175. The van der Waals surface area contributed by atoms with Gasteiger partial charge in [0.2, 0.25) is 0 Å². The summed E-state index contributed by atoms with van der Waals surface area (Å²) in [7, 11) is 0. The molecular formula is C8H5F3INO2. The summed E-state index contributed by atoms with van der Waals surface area (Å²) < 4.78 is 37.5. The number of carbonyl (C=O) groups is 1. The van der Waals surface area contributed by atoms with Crippen molar-refractivity contribution in [2.24, 2.45) is 0 Å². The lowest BCUT2D eigenvalue weighted by atomic mass is 10.1. The van der Waals surface area contributed by atoms with Gasteiger partial charge in [0.25, 0.3) is 0 Å². The maximum Gasteiger partial charge on any atom is 0.416 e. The second-order valence-corrected chi connectivity index (χ2v) is 3.84. The molecule has 3 nitrogen and oxygen atoms in total. The number of rotatable bonds is 2. The Kier molecular flexibility index (Phi) is 3.53. The van der Waals surface area contributed by atoms with Crippen LogP contribution in [0.25, 0.3) is 0 Å². The predicted octanol–water partition coefficient (Wildman–Crippen LogP) is 2.33. The third kappa shape index (κ3) is 3.33. The minimum atomic E-state index is -4.55. The fourth-order valence-electron chi connectivity index (χ4n) is 1.03. The first-order chi connectivity index (χ1) is 6.80. The van der Waals surface area contributed by atoms with E-state index in [1.165, 1.54) is 0 Å². The van der Waals surface area contributed by atoms with Gasteiger partial charge < -0.3 is 5.11 Å². The first-order valence-electron chi connectivity index (χ1n) is 3.74. The summed E-state index contributed by atoms with van der Waals surface area (Å²) in [6.07, 6.45) is -4.29. The fourth-order valence-corrected chi connectivity index (χ4v) is 1.48. The number of carboxylic acid groups (broad SMARTS) is 1.